The van der Waals surface area contributed by atoms with E-state index in [1.807, 2.05) is 13.0 Å². The lowest BCUT2D eigenvalue weighted by atomic mass is 10.2. The number of hydrogen-bond donors (Lipinski definition) is 1. The van der Waals surface area contributed by atoms with Gasteiger partial charge in [0.25, 0.3) is 0 Å². The van der Waals surface area contributed by atoms with Crippen molar-refractivity contribution in [1.29, 1.82) is 0 Å². The fourth-order valence-electron chi connectivity index (χ4n) is 3.99. The summed E-state index contributed by atoms with van der Waals surface area (Å²) < 4.78 is 34.1. The Balaban J connectivity index is 1.41. The highest BCUT2D eigenvalue weighted by molar-refractivity contribution is 7.89. The molecule has 3 aromatic rings. The predicted octanol–water partition coefficient (Wildman–Crippen LogP) is 3.50. The van der Waals surface area contributed by atoms with Crippen molar-refractivity contribution in [1.82, 2.24) is 8.87 Å². The van der Waals surface area contributed by atoms with E-state index in [-0.39, 0.29) is 17.2 Å². The fourth-order valence-corrected chi connectivity index (χ4v) is 5.53. The van der Waals surface area contributed by atoms with Gasteiger partial charge in [-0.25, -0.2) is 13.2 Å². The summed E-state index contributed by atoms with van der Waals surface area (Å²) >= 11 is 0. The van der Waals surface area contributed by atoms with E-state index in [4.69, 9.17) is 4.42 Å². The zero-order valence-electron chi connectivity index (χ0n) is 18.0. The number of sulfonamides is 1. The van der Waals surface area contributed by atoms with Gasteiger partial charge in [-0.05, 0) is 56.0 Å². The van der Waals surface area contributed by atoms with Crippen LogP contribution in [0.25, 0.3) is 11.1 Å². The SMILES string of the molecule is Cc1ccc(S(=O)(=O)N2CCCCC2)cc1NC(=O)CCCn1c(=O)oc2ccccc21. The van der Waals surface area contributed by atoms with Crippen molar-refractivity contribution in [2.45, 2.75) is 50.5 Å². The molecule has 0 saturated carbocycles. The molecule has 170 valence electrons. The number of fused-ring (bicyclic) bond motifs is 1. The van der Waals surface area contributed by atoms with Gasteiger partial charge in [-0.15, -0.1) is 0 Å². The Morgan fingerprint density at radius 3 is 2.62 bits per heavy atom. The van der Waals surface area contributed by atoms with E-state index >= 15 is 0 Å². The zero-order chi connectivity index (χ0) is 22.7. The minimum absolute atomic E-state index is 0.189. The predicted molar refractivity (Wildman–Crippen MR) is 122 cm³/mol. The molecule has 4 rings (SSSR count). The highest BCUT2D eigenvalue weighted by Crippen LogP contribution is 2.25. The summed E-state index contributed by atoms with van der Waals surface area (Å²) in [5, 5.41) is 2.82. The maximum Gasteiger partial charge on any atom is 0.419 e. The van der Waals surface area contributed by atoms with Crippen molar-refractivity contribution in [2.24, 2.45) is 0 Å². The van der Waals surface area contributed by atoms with Crippen molar-refractivity contribution in [2.75, 3.05) is 18.4 Å². The summed E-state index contributed by atoms with van der Waals surface area (Å²) in [4.78, 5) is 24.8. The van der Waals surface area contributed by atoms with E-state index in [1.165, 1.54) is 14.9 Å². The highest BCUT2D eigenvalue weighted by Gasteiger charge is 2.26. The van der Waals surface area contributed by atoms with Crippen LogP contribution < -0.4 is 11.1 Å². The van der Waals surface area contributed by atoms with Crippen molar-refractivity contribution in [3.63, 3.8) is 0 Å². The van der Waals surface area contributed by atoms with E-state index in [2.05, 4.69) is 5.32 Å². The Labute approximate surface area is 186 Å². The van der Waals surface area contributed by atoms with Crippen LogP contribution in [0.4, 0.5) is 5.69 Å². The zero-order valence-corrected chi connectivity index (χ0v) is 18.9. The molecule has 2 aromatic carbocycles. The summed E-state index contributed by atoms with van der Waals surface area (Å²) in [5.41, 5.74) is 2.49. The van der Waals surface area contributed by atoms with E-state index in [0.29, 0.717) is 42.8 Å². The molecule has 9 heteroatoms. The molecule has 32 heavy (non-hydrogen) atoms. The van der Waals surface area contributed by atoms with Gasteiger partial charge in [0, 0.05) is 31.7 Å². The van der Waals surface area contributed by atoms with Crippen molar-refractivity contribution in [3.8, 4) is 0 Å². The quantitative estimate of drug-likeness (QED) is 0.585. The summed E-state index contributed by atoms with van der Waals surface area (Å²) in [5.74, 6) is -0.681. The van der Waals surface area contributed by atoms with Crippen LogP contribution in [0.15, 0.2) is 56.6 Å². The molecule has 1 fully saturated rings. The summed E-state index contributed by atoms with van der Waals surface area (Å²) in [6.45, 7) is 3.23. The molecule has 2 heterocycles. The number of benzene rings is 2. The lowest BCUT2D eigenvalue weighted by Gasteiger charge is -2.26. The molecule has 0 bridgehead atoms. The third-order valence-electron chi connectivity index (χ3n) is 5.80. The number of hydrogen-bond acceptors (Lipinski definition) is 5. The second-order valence-corrected chi connectivity index (χ2v) is 10.0. The average Bonchev–Trinajstić information content (AvgIpc) is 3.11. The lowest BCUT2D eigenvalue weighted by Crippen LogP contribution is -2.35. The van der Waals surface area contributed by atoms with Crippen LogP contribution >= 0.6 is 0 Å². The van der Waals surface area contributed by atoms with Crippen LogP contribution in [0.2, 0.25) is 0 Å². The number of rotatable bonds is 7. The number of para-hydroxylation sites is 2. The Bertz CT molecular complexity index is 1290. The largest absolute Gasteiger partial charge is 0.419 e. The first-order valence-electron chi connectivity index (χ1n) is 10.9. The first-order chi connectivity index (χ1) is 15.4. The fraction of sp³-hybridized carbons (Fsp3) is 0.391. The maximum atomic E-state index is 13.0. The normalized spacial score (nSPS) is 15.2. The Hall–Kier alpha value is -2.91. The molecule has 1 aliphatic heterocycles. The summed E-state index contributed by atoms with van der Waals surface area (Å²) in [6.07, 6.45) is 3.41. The number of aromatic nitrogens is 1. The van der Waals surface area contributed by atoms with E-state index in [0.717, 1.165) is 24.8 Å². The van der Waals surface area contributed by atoms with Crippen LogP contribution in [-0.2, 0) is 21.4 Å². The number of amides is 1. The standard InChI is InChI=1S/C23H27N3O5S/c1-17-11-12-18(32(29,30)25-13-5-2-6-14-25)16-19(17)24-22(27)10-7-15-26-20-8-3-4-9-21(20)31-23(26)28/h3-4,8-9,11-12,16H,2,5-7,10,13-15H2,1H3,(H,24,27). The summed E-state index contributed by atoms with van der Waals surface area (Å²) in [7, 11) is -3.58. The molecule has 1 amide bonds. The average molecular weight is 458 g/mol. The number of oxazole rings is 1. The third-order valence-corrected chi connectivity index (χ3v) is 7.69. The molecule has 0 unspecified atom stereocenters. The first kappa shape index (κ1) is 22.3. The molecule has 1 aliphatic rings. The van der Waals surface area contributed by atoms with Gasteiger partial charge < -0.3 is 9.73 Å². The van der Waals surface area contributed by atoms with Gasteiger partial charge in [-0.1, -0.05) is 24.6 Å². The second kappa shape index (κ2) is 9.30. The molecule has 1 N–H and O–H groups in total. The van der Waals surface area contributed by atoms with Gasteiger partial charge in [0.15, 0.2) is 5.58 Å². The third kappa shape index (κ3) is 4.63. The number of carbonyl (C=O) groups excluding carboxylic acids is 1. The Kier molecular flexibility index (Phi) is 6.48. The Morgan fingerprint density at radius 2 is 1.84 bits per heavy atom. The number of nitrogens with one attached hydrogen (secondary N) is 1. The van der Waals surface area contributed by atoms with Crippen LogP contribution in [-0.4, -0.2) is 36.3 Å². The lowest BCUT2D eigenvalue weighted by molar-refractivity contribution is -0.116. The van der Waals surface area contributed by atoms with Crippen molar-refractivity contribution in [3.05, 3.63) is 58.6 Å². The first-order valence-corrected chi connectivity index (χ1v) is 12.3. The minimum Gasteiger partial charge on any atom is -0.408 e. The number of nitrogens with zero attached hydrogens (tertiary/aromatic N) is 2. The van der Waals surface area contributed by atoms with Gasteiger partial charge in [-0.2, -0.15) is 4.31 Å². The molecule has 0 spiro atoms. The smallest absolute Gasteiger partial charge is 0.408 e. The van der Waals surface area contributed by atoms with Gasteiger partial charge in [-0.3, -0.25) is 9.36 Å². The van der Waals surface area contributed by atoms with E-state index in [9.17, 15) is 18.0 Å². The molecule has 0 atom stereocenters. The van der Waals surface area contributed by atoms with Crippen LogP contribution in [0, 0.1) is 6.92 Å². The number of anilines is 1. The van der Waals surface area contributed by atoms with Gasteiger partial charge in [0.05, 0.1) is 10.4 Å². The Morgan fingerprint density at radius 1 is 1.09 bits per heavy atom. The molecule has 8 nitrogen and oxygen atoms in total. The molecule has 1 saturated heterocycles. The molecular weight excluding hydrogens is 430 g/mol. The number of aryl methyl sites for hydroxylation is 2. The van der Waals surface area contributed by atoms with Crippen molar-refractivity contribution >= 4 is 32.7 Å². The highest BCUT2D eigenvalue weighted by atomic mass is 32.2. The second-order valence-electron chi connectivity index (χ2n) is 8.08. The van der Waals surface area contributed by atoms with Crippen LogP contribution in [0.1, 0.15) is 37.7 Å². The maximum absolute atomic E-state index is 13.0. The van der Waals surface area contributed by atoms with Crippen LogP contribution in [0.3, 0.4) is 0 Å². The monoisotopic (exact) mass is 457 g/mol. The van der Waals surface area contributed by atoms with Crippen LogP contribution in [0.5, 0.6) is 0 Å². The molecular formula is C23H27N3O5S. The van der Waals surface area contributed by atoms with Gasteiger partial charge >= 0.3 is 5.76 Å². The molecule has 1 aromatic heterocycles. The van der Waals surface area contributed by atoms with Crippen molar-refractivity contribution < 1.29 is 17.6 Å². The molecule has 0 aliphatic carbocycles. The van der Waals surface area contributed by atoms with E-state index < -0.39 is 15.8 Å². The van der Waals surface area contributed by atoms with Gasteiger partial charge in [0.1, 0.15) is 0 Å². The topological polar surface area (TPSA) is 102 Å². The number of carbonyl (C=O) groups is 1. The molecule has 0 radical (unpaired) electrons. The van der Waals surface area contributed by atoms with Gasteiger partial charge in [0.2, 0.25) is 15.9 Å². The summed E-state index contributed by atoms with van der Waals surface area (Å²) in [6, 6.07) is 12.0. The number of piperidine rings is 1. The van der Waals surface area contributed by atoms with E-state index in [1.54, 1.807) is 30.3 Å². The minimum atomic E-state index is -3.58.